The summed E-state index contributed by atoms with van der Waals surface area (Å²) in [5.74, 6) is -0.583. The fourth-order valence-corrected chi connectivity index (χ4v) is 5.34. The van der Waals surface area contributed by atoms with Crippen LogP contribution < -0.4 is 16.4 Å². The zero-order valence-electron chi connectivity index (χ0n) is 19.9. The summed E-state index contributed by atoms with van der Waals surface area (Å²) in [6.45, 7) is 0. The summed E-state index contributed by atoms with van der Waals surface area (Å²) < 4.78 is 1.71. The highest BCUT2D eigenvalue weighted by atomic mass is 16.2. The van der Waals surface area contributed by atoms with Crippen LogP contribution in [0.4, 0.5) is 11.5 Å². The van der Waals surface area contributed by atoms with Crippen molar-refractivity contribution in [1.29, 1.82) is 5.26 Å². The van der Waals surface area contributed by atoms with E-state index in [-0.39, 0.29) is 29.6 Å². The Bertz CT molecular complexity index is 1180. The second-order valence-corrected chi connectivity index (χ2v) is 10.1. The van der Waals surface area contributed by atoms with Crippen molar-refractivity contribution in [2.75, 3.05) is 10.6 Å². The topological polar surface area (TPSA) is 126 Å². The molecule has 5 rings (SSSR count). The van der Waals surface area contributed by atoms with Crippen LogP contribution in [0.1, 0.15) is 80.1 Å². The highest BCUT2D eigenvalue weighted by Gasteiger charge is 2.39. The zero-order chi connectivity index (χ0) is 24.4. The average Bonchev–Trinajstić information content (AvgIpc) is 3.39. The van der Waals surface area contributed by atoms with E-state index in [0.29, 0.717) is 6.04 Å². The number of allylic oxidation sites excluding steroid dienone is 2. The average molecular weight is 473 g/mol. The Kier molecular flexibility index (Phi) is 6.33. The normalized spacial score (nSPS) is 23.9. The molecule has 0 bridgehead atoms. The Balaban J connectivity index is 1.28. The quantitative estimate of drug-likeness (QED) is 0.519. The van der Waals surface area contributed by atoms with Crippen LogP contribution in [-0.4, -0.2) is 27.6 Å². The lowest BCUT2D eigenvalue weighted by molar-refractivity contribution is -0.117. The van der Waals surface area contributed by atoms with Gasteiger partial charge in [0.25, 0.3) is 5.91 Å². The number of anilines is 2. The van der Waals surface area contributed by atoms with E-state index in [1.807, 2.05) is 0 Å². The molecule has 35 heavy (non-hydrogen) atoms. The van der Waals surface area contributed by atoms with Crippen LogP contribution in [0.25, 0.3) is 5.57 Å². The maximum absolute atomic E-state index is 12.3. The van der Waals surface area contributed by atoms with Crippen LogP contribution in [0.15, 0.2) is 36.5 Å². The van der Waals surface area contributed by atoms with Crippen molar-refractivity contribution in [2.24, 2.45) is 11.7 Å². The van der Waals surface area contributed by atoms with E-state index in [0.717, 1.165) is 50.6 Å². The van der Waals surface area contributed by atoms with Gasteiger partial charge in [0, 0.05) is 23.8 Å². The maximum atomic E-state index is 12.3. The van der Waals surface area contributed by atoms with Gasteiger partial charge >= 0.3 is 0 Å². The number of aromatic nitrogens is 2. The van der Waals surface area contributed by atoms with Crippen molar-refractivity contribution >= 4 is 28.9 Å². The third kappa shape index (κ3) is 4.95. The fourth-order valence-electron chi connectivity index (χ4n) is 5.34. The van der Waals surface area contributed by atoms with Gasteiger partial charge in [0.05, 0.1) is 18.0 Å². The van der Waals surface area contributed by atoms with Crippen LogP contribution in [0, 0.1) is 17.2 Å². The van der Waals surface area contributed by atoms with E-state index in [1.54, 1.807) is 10.9 Å². The number of amides is 2. The number of primary amides is 1. The van der Waals surface area contributed by atoms with Crippen molar-refractivity contribution in [1.82, 2.24) is 9.78 Å². The van der Waals surface area contributed by atoms with Gasteiger partial charge in [-0.05, 0) is 81.1 Å². The molecule has 1 aromatic heterocycles. The van der Waals surface area contributed by atoms with Crippen LogP contribution in [0.3, 0.4) is 0 Å². The number of hydrogen-bond donors (Lipinski definition) is 3. The third-order valence-corrected chi connectivity index (χ3v) is 7.65. The van der Waals surface area contributed by atoms with E-state index in [4.69, 9.17) is 5.73 Å². The molecule has 2 saturated carbocycles. The smallest absolute Gasteiger partial charge is 0.254 e. The highest BCUT2D eigenvalue weighted by molar-refractivity contribution is 6.02. The van der Waals surface area contributed by atoms with Gasteiger partial charge in [-0.2, -0.15) is 10.4 Å². The molecule has 182 valence electrons. The van der Waals surface area contributed by atoms with Gasteiger partial charge in [-0.1, -0.05) is 18.2 Å². The monoisotopic (exact) mass is 472 g/mol. The minimum absolute atomic E-state index is 0.0144. The van der Waals surface area contributed by atoms with Gasteiger partial charge in [0.15, 0.2) is 5.82 Å². The maximum Gasteiger partial charge on any atom is 0.254 e. The molecular formula is C27H32N6O2. The molecule has 1 aromatic carbocycles. The summed E-state index contributed by atoms with van der Waals surface area (Å²) in [6, 6.07) is 11.3. The molecule has 8 nitrogen and oxygen atoms in total. The van der Waals surface area contributed by atoms with Crippen LogP contribution in [0.2, 0.25) is 0 Å². The predicted octanol–water partition coefficient (Wildman–Crippen LogP) is 4.56. The Morgan fingerprint density at radius 2 is 1.91 bits per heavy atom. The van der Waals surface area contributed by atoms with Crippen LogP contribution in [0.5, 0.6) is 0 Å². The van der Waals surface area contributed by atoms with Crippen molar-refractivity contribution in [3.63, 3.8) is 0 Å². The third-order valence-electron chi connectivity index (χ3n) is 7.65. The summed E-state index contributed by atoms with van der Waals surface area (Å²) in [5, 5.41) is 20.6. The molecular weight excluding hydrogens is 440 g/mol. The molecule has 2 amide bonds. The van der Waals surface area contributed by atoms with Crippen molar-refractivity contribution in [3.05, 3.63) is 47.7 Å². The zero-order valence-corrected chi connectivity index (χ0v) is 19.9. The molecule has 3 aliphatic carbocycles. The number of benzene rings is 1. The minimum atomic E-state index is -0.637. The lowest BCUT2D eigenvalue weighted by Gasteiger charge is -2.39. The summed E-state index contributed by atoms with van der Waals surface area (Å²) in [4.78, 5) is 24.3. The molecule has 2 aromatic rings. The summed E-state index contributed by atoms with van der Waals surface area (Å²) in [7, 11) is 0. The molecule has 0 atom stereocenters. The second kappa shape index (κ2) is 9.57. The van der Waals surface area contributed by atoms with Crippen molar-refractivity contribution in [3.8, 4) is 6.07 Å². The number of carbonyl (C=O) groups excluding carboxylic acids is 2. The number of carbonyl (C=O) groups is 2. The second-order valence-electron chi connectivity index (χ2n) is 10.1. The first-order valence-corrected chi connectivity index (χ1v) is 12.6. The molecule has 3 aliphatic rings. The molecule has 0 saturated heterocycles. The lowest BCUT2D eigenvalue weighted by Crippen LogP contribution is -2.41. The molecule has 4 N–H and O–H groups in total. The fraction of sp³-hybridized carbons (Fsp3) is 0.481. The number of nitrogens with two attached hydrogens (primary N) is 1. The van der Waals surface area contributed by atoms with Gasteiger partial charge in [0.2, 0.25) is 5.91 Å². The standard InChI is InChI=1S/C27H32N6O2/c28-16-15-27(33-17-23(24(29)34)25(32-33)31-26(35)20-5-6-20)13-11-22(12-14-27)30-21-9-7-19(8-10-21)18-3-1-2-4-18/h3,7-10,17,20,22,30H,1-2,4-6,11-15H2,(H2,29,34)(H,31,32,35). The number of hydrogen-bond acceptors (Lipinski definition) is 5. The summed E-state index contributed by atoms with van der Waals surface area (Å²) >= 11 is 0. The molecule has 1 heterocycles. The summed E-state index contributed by atoms with van der Waals surface area (Å²) in [5.41, 5.74) is 9.09. The van der Waals surface area contributed by atoms with Gasteiger partial charge in [-0.3, -0.25) is 14.3 Å². The van der Waals surface area contributed by atoms with E-state index >= 15 is 0 Å². The number of nitriles is 1. The Morgan fingerprint density at radius 1 is 1.17 bits per heavy atom. The molecule has 0 aliphatic heterocycles. The number of rotatable bonds is 8. The largest absolute Gasteiger partial charge is 0.382 e. The van der Waals surface area contributed by atoms with Gasteiger partial charge in [0.1, 0.15) is 5.56 Å². The molecule has 2 fully saturated rings. The molecule has 0 radical (unpaired) electrons. The minimum Gasteiger partial charge on any atom is -0.382 e. The Morgan fingerprint density at radius 3 is 2.51 bits per heavy atom. The van der Waals surface area contributed by atoms with Gasteiger partial charge < -0.3 is 16.4 Å². The van der Waals surface area contributed by atoms with Crippen molar-refractivity contribution in [2.45, 2.75) is 75.8 Å². The molecule has 0 spiro atoms. The van der Waals surface area contributed by atoms with E-state index in [2.05, 4.69) is 52.1 Å². The predicted molar refractivity (Wildman–Crippen MR) is 134 cm³/mol. The first-order chi connectivity index (χ1) is 17.0. The van der Waals surface area contributed by atoms with E-state index in [9.17, 15) is 14.9 Å². The van der Waals surface area contributed by atoms with Gasteiger partial charge in [-0.25, -0.2) is 0 Å². The lowest BCUT2D eigenvalue weighted by atomic mass is 9.77. The van der Waals surface area contributed by atoms with Crippen LogP contribution in [-0.2, 0) is 10.3 Å². The van der Waals surface area contributed by atoms with Gasteiger partial charge in [-0.15, -0.1) is 0 Å². The van der Waals surface area contributed by atoms with E-state index in [1.165, 1.54) is 24.0 Å². The van der Waals surface area contributed by atoms with Crippen molar-refractivity contribution < 1.29 is 9.59 Å². The first kappa shape index (κ1) is 23.2. The number of nitrogens with zero attached hydrogens (tertiary/aromatic N) is 3. The Labute approximate surface area is 205 Å². The highest BCUT2D eigenvalue weighted by Crippen LogP contribution is 2.40. The first-order valence-electron chi connectivity index (χ1n) is 12.6. The molecule has 0 unspecified atom stereocenters. The SMILES string of the molecule is N#CCC1(n2cc(C(N)=O)c(NC(=O)C3CC3)n2)CCC(Nc2ccc(C3=CCCC3)cc2)CC1. The summed E-state index contributed by atoms with van der Waals surface area (Å²) in [6.07, 6.45) is 12.7. The number of nitrogens with one attached hydrogen (secondary N) is 2. The molecule has 8 heteroatoms. The van der Waals surface area contributed by atoms with Crippen LogP contribution >= 0.6 is 0 Å². The Hall–Kier alpha value is -3.60. The van der Waals surface area contributed by atoms with E-state index < -0.39 is 11.4 Å².